The molecule has 4 rings (SSSR count). The second-order valence-electron chi connectivity index (χ2n) is 12.3. The Balaban J connectivity index is 1.61. The van der Waals surface area contributed by atoms with Crippen molar-refractivity contribution in [1.29, 1.82) is 0 Å². The molecular formula is C28H44O5. The lowest BCUT2D eigenvalue weighted by atomic mass is 9.42. The van der Waals surface area contributed by atoms with Crippen molar-refractivity contribution in [1.82, 2.24) is 0 Å². The first-order valence-corrected chi connectivity index (χ1v) is 13.3. The zero-order chi connectivity index (χ0) is 24.1. The van der Waals surface area contributed by atoms with Crippen LogP contribution in [0.1, 0.15) is 92.4 Å². The summed E-state index contributed by atoms with van der Waals surface area (Å²) >= 11 is 0. The van der Waals surface area contributed by atoms with Crippen molar-refractivity contribution in [2.24, 2.45) is 52.3 Å². The van der Waals surface area contributed by atoms with E-state index >= 15 is 0 Å². The molecule has 0 aromatic carbocycles. The third kappa shape index (κ3) is 3.95. The van der Waals surface area contributed by atoms with Gasteiger partial charge in [-0.3, -0.25) is 14.4 Å². The smallest absolute Gasteiger partial charge is 0.305 e. The molecule has 0 bridgehead atoms. The number of hydrogen-bond donors (Lipinski definition) is 0. The van der Waals surface area contributed by atoms with Crippen molar-refractivity contribution in [3.05, 3.63) is 0 Å². The number of carbonyl (C=O) groups is 3. The van der Waals surface area contributed by atoms with Crippen LogP contribution in [0, 0.1) is 52.3 Å². The molecule has 4 fully saturated rings. The summed E-state index contributed by atoms with van der Waals surface area (Å²) in [6.07, 6.45) is 8.58. The molecule has 4 aliphatic carbocycles. The van der Waals surface area contributed by atoms with Gasteiger partial charge in [-0.2, -0.15) is 0 Å². The van der Waals surface area contributed by atoms with E-state index in [1.165, 1.54) is 14.0 Å². The fraction of sp³-hybridized carbons (Fsp3) is 0.893. The maximum Gasteiger partial charge on any atom is 0.305 e. The summed E-state index contributed by atoms with van der Waals surface area (Å²) in [5, 5.41) is 0. The van der Waals surface area contributed by atoms with Gasteiger partial charge >= 0.3 is 11.9 Å². The standard InChI is InChI=1S/C28H44O5/c1-7-19-23-15-18(33-17(3)29)10-12-28(23,5)22-11-13-27(4)20(16(2)14-24(30)32-6)8-9-21(27)25(22)26(19)31/h16,18-23,25H,7-15H2,1-6H3/t16-,18-,19+,20-,21+,22+,23+,25+,27-,28-/m1/s1. The highest BCUT2D eigenvalue weighted by Gasteiger charge is 2.65. The Morgan fingerprint density at radius 2 is 1.70 bits per heavy atom. The van der Waals surface area contributed by atoms with Crippen molar-refractivity contribution < 1.29 is 23.9 Å². The predicted molar refractivity (Wildman–Crippen MR) is 126 cm³/mol. The van der Waals surface area contributed by atoms with Crippen molar-refractivity contribution in [2.45, 2.75) is 98.5 Å². The van der Waals surface area contributed by atoms with Crippen molar-refractivity contribution in [2.75, 3.05) is 7.11 Å². The fourth-order valence-electron chi connectivity index (χ4n) is 9.42. The quantitative estimate of drug-likeness (QED) is 0.500. The molecule has 0 heterocycles. The van der Waals surface area contributed by atoms with Gasteiger partial charge in [0.2, 0.25) is 0 Å². The third-order valence-electron chi connectivity index (χ3n) is 10.9. The Bertz CT molecular complexity index is 791. The molecule has 5 nitrogen and oxygen atoms in total. The summed E-state index contributed by atoms with van der Waals surface area (Å²) in [4.78, 5) is 37.7. The maximum atomic E-state index is 14.1. The van der Waals surface area contributed by atoms with Gasteiger partial charge in [-0.05, 0) is 91.8 Å². The van der Waals surface area contributed by atoms with Crippen LogP contribution in [0.15, 0.2) is 0 Å². The SMILES string of the molecule is CC[C@@H]1C(=O)[C@@H]2[C@H](CC[C@]3(C)[C@@H]([C@H](C)CC(=O)OC)CC[C@@H]23)[C@@]2(C)CC[C@@H](OC(C)=O)C[C@@H]12. The number of methoxy groups -OCH3 is 1. The number of carbonyl (C=O) groups excluding carboxylic acids is 3. The summed E-state index contributed by atoms with van der Waals surface area (Å²) < 4.78 is 10.6. The Labute approximate surface area is 199 Å². The van der Waals surface area contributed by atoms with Crippen LogP contribution < -0.4 is 0 Å². The first-order valence-electron chi connectivity index (χ1n) is 13.3. The summed E-state index contributed by atoms with van der Waals surface area (Å²) in [5.74, 6) is 2.31. The van der Waals surface area contributed by atoms with E-state index in [0.29, 0.717) is 35.9 Å². The number of hydrogen-bond acceptors (Lipinski definition) is 5. The zero-order valence-electron chi connectivity index (χ0n) is 21.5. The molecule has 4 saturated carbocycles. The number of fused-ring (bicyclic) bond motifs is 5. The van der Waals surface area contributed by atoms with Crippen molar-refractivity contribution in [3.63, 3.8) is 0 Å². The highest BCUT2D eigenvalue weighted by atomic mass is 16.5. The summed E-state index contributed by atoms with van der Waals surface area (Å²) in [6.45, 7) is 10.7. The monoisotopic (exact) mass is 460 g/mol. The number of Topliss-reactive ketones (excluding diaryl/α,β-unsaturated/α-hetero) is 1. The van der Waals surface area contributed by atoms with E-state index in [0.717, 1.165) is 51.4 Å². The molecule has 0 spiro atoms. The van der Waals surface area contributed by atoms with Crippen LogP contribution in [0.4, 0.5) is 0 Å². The molecule has 33 heavy (non-hydrogen) atoms. The molecule has 0 aromatic heterocycles. The van der Waals surface area contributed by atoms with Gasteiger partial charge < -0.3 is 9.47 Å². The number of esters is 2. The lowest BCUT2D eigenvalue weighted by molar-refractivity contribution is -0.178. The van der Waals surface area contributed by atoms with Gasteiger partial charge in [-0.25, -0.2) is 0 Å². The second kappa shape index (κ2) is 9.00. The Kier molecular flexibility index (Phi) is 6.74. The zero-order valence-corrected chi connectivity index (χ0v) is 21.5. The van der Waals surface area contributed by atoms with Crippen LogP contribution in [0.5, 0.6) is 0 Å². The van der Waals surface area contributed by atoms with Crippen LogP contribution in [0.3, 0.4) is 0 Å². The molecule has 0 saturated heterocycles. The molecule has 0 radical (unpaired) electrons. The largest absolute Gasteiger partial charge is 0.469 e. The normalized spacial score (nSPS) is 45.4. The lowest BCUT2D eigenvalue weighted by Crippen LogP contribution is -2.60. The summed E-state index contributed by atoms with van der Waals surface area (Å²) in [7, 11) is 1.47. The van der Waals surface area contributed by atoms with Crippen LogP contribution in [0.2, 0.25) is 0 Å². The first kappa shape index (κ1) is 24.7. The van der Waals surface area contributed by atoms with E-state index < -0.39 is 0 Å². The highest BCUT2D eigenvalue weighted by molar-refractivity contribution is 5.86. The van der Waals surface area contributed by atoms with Crippen LogP contribution >= 0.6 is 0 Å². The molecule has 186 valence electrons. The topological polar surface area (TPSA) is 69.7 Å². The van der Waals surface area contributed by atoms with Crippen molar-refractivity contribution in [3.8, 4) is 0 Å². The fourth-order valence-corrected chi connectivity index (χ4v) is 9.42. The molecule has 0 aromatic rings. The van der Waals surface area contributed by atoms with Crippen LogP contribution in [-0.2, 0) is 23.9 Å². The Morgan fingerprint density at radius 3 is 2.33 bits per heavy atom. The van der Waals surface area contributed by atoms with Crippen LogP contribution in [-0.4, -0.2) is 30.9 Å². The van der Waals surface area contributed by atoms with E-state index in [1.807, 2.05) is 0 Å². The van der Waals surface area contributed by atoms with E-state index in [4.69, 9.17) is 9.47 Å². The van der Waals surface area contributed by atoms with Gasteiger partial charge in [0.1, 0.15) is 11.9 Å². The molecule has 0 aliphatic heterocycles. The molecular weight excluding hydrogens is 416 g/mol. The van der Waals surface area contributed by atoms with Gasteiger partial charge in [-0.15, -0.1) is 0 Å². The maximum absolute atomic E-state index is 14.1. The van der Waals surface area contributed by atoms with Gasteiger partial charge in [0.25, 0.3) is 0 Å². The number of rotatable bonds is 5. The lowest BCUT2D eigenvalue weighted by Gasteiger charge is -2.62. The summed E-state index contributed by atoms with van der Waals surface area (Å²) in [6, 6.07) is 0. The van der Waals surface area contributed by atoms with E-state index in [9.17, 15) is 14.4 Å². The first-order chi connectivity index (χ1) is 15.6. The minimum atomic E-state index is -0.205. The predicted octanol–water partition coefficient (Wildman–Crippen LogP) is 5.59. The molecule has 0 amide bonds. The number of ether oxygens (including phenoxy) is 2. The highest BCUT2D eigenvalue weighted by Crippen LogP contribution is 2.68. The average Bonchev–Trinajstić information content (AvgIpc) is 3.11. The van der Waals surface area contributed by atoms with E-state index in [1.54, 1.807) is 0 Å². The van der Waals surface area contributed by atoms with Gasteiger partial charge in [0, 0.05) is 25.2 Å². The Morgan fingerprint density at radius 1 is 1.03 bits per heavy atom. The second-order valence-corrected chi connectivity index (χ2v) is 12.3. The molecule has 5 heteroatoms. The molecule has 10 atom stereocenters. The molecule has 4 aliphatic rings. The van der Waals surface area contributed by atoms with Gasteiger partial charge in [0.15, 0.2) is 0 Å². The van der Waals surface area contributed by atoms with Crippen LogP contribution in [0.25, 0.3) is 0 Å². The Hall–Kier alpha value is -1.39. The summed E-state index contributed by atoms with van der Waals surface area (Å²) in [5.41, 5.74) is 0.271. The minimum absolute atomic E-state index is 0.0390. The number of ketones is 1. The molecule has 0 N–H and O–H groups in total. The molecule has 0 unspecified atom stereocenters. The third-order valence-corrected chi connectivity index (χ3v) is 10.9. The average molecular weight is 461 g/mol. The van der Waals surface area contributed by atoms with Crippen molar-refractivity contribution >= 4 is 17.7 Å². The van der Waals surface area contributed by atoms with E-state index in [2.05, 4.69) is 27.7 Å². The van der Waals surface area contributed by atoms with E-state index in [-0.39, 0.29) is 46.6 Å². The van der Waals surface area contributed by atoms with Gasteiger partial charge in [0.05, 0.1) is 7.11 Å². The minimum Gasteiger partial charge on any atom is -0.469 e. The van der Waals surface area contributed by atoms with Gasteiger partial charge in [-0.1, -0.05) is 27.7 Å².